The molecular formula is C24H18ClF11N2O2P+. The Morgan fingerprint density at radius 2 is 1.68 bits per heavy atom. The van der Waals surface area contributed by atoms with E-state index >= 15 is 0 Å². The maximum absolute atomic E-state index is 14.9. The highest BCUT2D eigenvalue weighted by Crippen LogP contribution is 2.64. The van der Waals surface area contributed by atoms with Crippen molar-refractivity contribution in [2.45, 2.75) is 36.7 Å². The van der Waals surface area contributed by atoms with E-state index in [9.17, 15) is 57.3 Å². The van der Waals surface area contributed by atoms with E-state index in [0.29, 0.717) is 23.1 Å². The number of nitrogens with zero attached hydrogens (tertiary/aromatic N) is 1. The molecule has 0 saturated heterocycles. The number of alkyl halides is 6. The second-order valence-electron chi connectivity index (χ2n) is 9.20. The molecule has 0 spiro atoms. The lowest BCUT2D eigenvalue weighted by Crippen LogP contribution is -2.49. The largest absolute Gasteiger partial charge is 0.588 e. The van der Waals surface area contributed by atoms with Crippen LogP contribution in [0.25, 0.3) is 5.83 Å². The van der Waals surface area contributed by atoms with E-state index in [1.807, 2.05) is 5.32 Å². The first-order chi connectivity index (χ1) is 18.6. The molecule has 2 aromatic carbocycles. The predicted octanol–water partition coefficient (Wildman–Crippen LogP) is 8.50. The molecule has 17 heteroatoms. The summed E-state index contributed by atoms with van der Waals surface area (Å²) in [6.07, 6.45) is -12.5. The van der Waals surface area contributed by atoms with Gasteiger partial charge in [0.2, 0.25) is 6.29 Å². The number of halogens is 12. The fourth-order valence-corrected chi connectivity index (χ4v) is 4.65. The van der Waals surface area contributed by atoms with Crippen LogP contribution in [0, 0.1) is 5.82 Å². The molecule has 3 rings (SSSR count). The average Bonchev–Trinajstić information content (AvgIpc) is 3.61. The van der Waals surface area contributed by atoms with E-state index in [4.69, 9.17) is 11.6 Å². The summed E-state index contributed by atoms with van der Waals surface area (Å²) in [5, 5.41) is 1.48. The Hall–Kier alpha value is -2.93. The van der Waals surface area contributed by atoms with E-state index in [0.717, 1.165) is 19.2 Å². The number of nitrogens with one attached hydrogen (secondary N) is 1. The van der Waals surface area contributed by atoms with E-state index in [1.165, 1.54) is 0 Å². The minimum Gasteiger partial charge on any atom is -0.338 e. The number of rotatable bonds is 8. The van der Waals surface area contributed by atoms with Crippen LogP contribution >= 0.6 is 19.8 Å². The molecule has 1 N–H and O–H groups in total. The van der Waals surface area contributed by atoms with Crippen molar-refractivity contribution in [3.63, 3.8) is 0 Å². The molecule has 2 aromatic rings. The van der Waals surface area contributed by atoms with Crippen LogP contribution in [0.4, 0.5) is 47.7 Å². The van der Waals surface area contributed by atoms with Crippen molar-refractivity contribution in [1.82, 2.24) is 10.2 Å². The molecule has 2 amide bonds. The van der Waals surface area contributed by atoms with Crippen LogP contribution in [0.1, 0.15) is 45.8 Å². The Morgan fingerprint density at radius 3 is 2.17 bits per heavy atom. The van der Waals surface area contributed by atoms with Crippen LogP contribution in [-0.2, 0) is 11.0 Å². The molecular weight excluding hydrogens is 624 g/mol. The van der Waals surface area contributed by atoms with E-state index in [1.54, 1.807) is 0 Å². The number of carbonyl (C=O) groups excluding carboxylic acids is 2. The molecule has 0 aliphatic heterocycles. The Bertz CT molecular complexity index is 1370. The van der Waals surface area contributed by atoms with Crippen molar-refractivity contribution in [3.05, 3.63) is 75.6 Å². The SMILES string of the molecule is CN(C[P+](F)(F)F)C(=O)C1(NC(=O)c2ccc(/C(F)=C/C(c3ccc(Cl)c(F)c3)C(F)(F)F)cc2C(F)(F)F)CC1. The lowest BCUT2D eigenvalue weighted by atomic mass is 9.95. The second-order valence-corrected chi connectivity index (χ2v) is 11.0. The lowest BCUT2D eigenvalue weighted by molar-refractivity contribution is -0.140. The fraction of sp³-hybridized carbons (Fsp3) is 0.333. The highest BCUT2D eigenvalue weighted by atomic mass is 35.5. The van der Waals surface area contributed by atoms with Crippen molar-refractivity contribution in [3.8, 4) is 0 Å². The predicted molar refractivity (Wildman–Crippen MR) is 128 cm³/mol. The first kappa shape index (κ1) is 32.6. The number of benzene rings is 2. The first-order valence-corrected chi connectivity index (χ1v) is 13.3. The van der Waals surface area contributed by atoms with Crippen molar-refractivity contribution in [2.75, 3.05) is 13.3 Å². The maximum Gasteiger partial charge on any atom is 0.588 e. The molecule has 4 nitrogen and oxygen atoms in total. The van der Waals surface area contributed by atoms with Gasteiger partial charge in [-0.15, -0.1) is 0 Å². The van der Waals surface area contributed by atoms with Gasteiger partial charge in [0.25, 0.3) is 11.8 Å². The standard InChI is InChI=1S/C24H17ClF11N2O2P/c1-38(11-41(34,35)36)21(40)22(6-7-22)37-20(39)14-4-2-13(8-16(14)24(31,32)33)18(26)10-15(23(28,29)30)12-3-5-17(25)19(27)9-12/h2-5,8-10,15H,6-7,11H2,1H3/p+1/b18-10-. The summed E-state index contributed by atoms with van der Waals surface area (Å²) >= 11 is 5.45. The quantitative estimate of drug-likeness (QED) is 0.232. The molecule has 1 atom stereocenters. The monoisotopic (exact) mass is 641 g/mol. The third-order valence-corrected chi connectivity index (χ3v) is 7.10. The summed E-state index contributed by atoms with van der Waals surface area (Å²) in [6.45, 7) is 0. The van der Waals surface area contributed by atoms with Crippen LogP contribution < -0.4 is 5.32 Å². The Morgan fingerprint density at radius 1 is 1.07 bits per heavy atom. The molecule has 41 heavy (non-hydrogen) atoms. The Kier molecular flexibility index (Phi) is 9.05. The summed E-state index contributed by atoms with van der Waals surface area (Å²) in [4.78, 5) is 25.5. The Balaban J connectivity index is 1.95. The summed E-state index contributed by atoms with van der Waals surface area (Å²) < 4.78 is 149. The molecule has 1 fully saturated rings. The van der Waals surface area contributed by atoms with Gasteiger partial charge in [-0.25, -0.2) is 8.78 Å². The Labute approximate surface area is 230 Å². The number of hydrogen-bond acceptors (Lipinski definition) is 2. The molecule has 1 aliphatic rings. The molecule has 0 aromatic heterocycles. The van der Waals surface area contributed by atoms with Crippen LogP contribution in [-0.4, -0.2) is 41.8 Å². The zero-order valence-electron chi connectivity index (χ0n) is 20.5. The van der Waals surface area contributed by atoms with E-state index in [-0.39, 0.29) is 25.0 Å². The average molecular weight is 642 g/mol. The van der Waals surface area contributed by atoms with Gasteiger partial charge in [0.15, 0.2) is 0 Å². The number of likely N-dealkylation sites (N-methyl/N-ethyl adjacent to an activating group) is 1. The summed E-state index contributed by atoms with van der Waals surface area (Å²) in [6, 6.07) is 3.03. The number of allylic oxidation sites excluding steroid dienone is 1. The molecule has 0 heterocycles. The molecule has 0 bridgehead atoms. The minimum atomic E-state index is -5.94. The molecule has 0 radical (unpaired) electrons. The van der Waals surface area contributed by atoms with Crippen LogP contribution in [0.15, 0.2) is 42.5 Å². The highest BCUT2D eigenvalue weighted by molar-refractivity contribution is 7.60. The van der Waals surface area contributed by atoms with Crippen molar-refractivity contribution in [2.24, 2.45) is 0 Å². The van der Waals surface area contributed by atoms with Gasteiger partial charge in [0, 0.05) is 25.2 Å². The molecule has 224 valence electrons. The zero-order chi connectivity index (χ0) is 31.1. The molecule has 1 unspecified atom stereocenters. The lowest BCUT2D eigenvalue weighted by Gasteiger charge is -2.23. The van der Waals surface area contributed by atoms with Crippen LogP contribution in [0.3, 0.4) is 0 Å². The van der Waals surface area contributed by atoms with Gasteiger partial charge >= 0.3 is 20.5 Å². The number of hydrogen-bond donors (Lipinski definition) is 1. The highest BCUT2D eigenvalue weighted by Gasteiger charge is 2.56. The smallest absolute Gasteiger partial charge is 0.338 e. The third-order valence-electron chi connectivity index (χ3n) is 6.05. The van der Waals surface area contributed by atoms with Crippen molar-refractivity contribution >= 4 is 37.4 Å². The second kappa shape index (κ2) is 11.4. The summed E-state index contributed by atoms with van der Waals surface area (Å²) in [7, 11) is -5.12. The minimum absolute atomic E-state index is 0.0677. The van der Waals surface area contributed by atoms with Crippen LogP contribution in [0.5, 0.6) is 0 Å². The summed E-state index contributed by atoms with van der Waals surface area (Å²) in [5.41, 5.74) is -6.61. The number of carbonyl (C=O) groups is 2. The van der Waals surface area contributed by atoms with Gasteiger partial charge in [0.05, 0.1) is 16.1 Å². The van der Waals surface area contributed by atoms with Gasteiger partial charge in [-0.2, -0.15) is 26.3 Å². The van der Waals surface area contributed by atoms with Gasteiger partial charge in [-0.1, -0.05) is 23.7 Å². The van der Waals surface area contributed by atoms with Gasteiger partial charge < -0.3 is 10.2 Å². The van der Waals surface area contributed by atoms with Gasteiger partial charge in [-0.05, 0) is 48.7 Å². The van der Waals surface area contributed by atoms with Crippen molar-refractivity contribution in [1.29, 1.82) is 0 Å². The number of amides is 2. The normalized spacial score (nSPS) is 16.3. The van der Waals surface area contributed by atoms with Crippen molar-refractivity contribution < 1.29 is 57.3 Å². The first-order valence-electron chi connectivity index (χ1n) is 11.3. The molecule has 1 saturated carbocycles. The van der Waals surface area contributed by atoms with Gasteiger partial charge in [-0.3, -0.25) is 9.59 Å². The zero-order valence-corrected chi connectivity index (χ0v) is 22.1. The van der Waals surface area contributed by atoms with E-state index in [2.05, 4.69) is 0 Å². The molecule has 1 aliphatic carbocycles. The third kappa shape index (κ3) is 7.88. The fourth-order valence-electron chi connectivity index (χ4n) is 3.93. The summed E-state index contributed by atoms with van der Waals surface area (Å²) in [5.74, 6) is -8.51. The maximum atomic E-state index is 14.9. The van der Waals surface area contributed by atoms with E-state index < -0.39 is 89.0 Å². The van der Waals surface area contributed by atoms with Gasteiger partial charge in [0.1, 0.15) is 23.1 Å². The van der Waals surface area contributed by atoms with Crippen LogP contribution in [0.2, 0.25) is 5.02 Å². The topological polar surface area (TPSA) is 49.4 Å².